The molecule has 0 N–H and O–H groups in total. The van der Waals surface area contributed by atoms with E-state index in [-0.39, 0.29) is 11.8 Å². The van der Waals surface area contributed by atoms with Crippen LogP contribution in [0.3, 0.4) is 0 Å². The summed E-state index contributed by atoms with van der Waals surface area (Å²) >= 11 is 3.51. The van der Waals surface area contributed by atoms with Gasteiger partial charge in [-0.2, -0.15) is 11.3 Å². The molecule has 0 amide bonds. The van der Waals surface area contributed by atoms with Crippen LogP contribution >= 0.6 is 22.7 Å². The van der Waals surface area contributed by atoms with Crippen LogP contribution < -0.4 is 4.90 Å². The predicted octanol–water partition coefficient (Wildman–Crippen LogP) is 7.00. The van der Waals surface area contributed by atoms with Crippen molar-refractivity contribution in [2.24, 2.45) is 0 Å². The Kier molecular flexibility index (Phi) is 4.38. The fourth-order valence-corrected chi connectivity index (χ4v) is 5.89. The Hall–Kier alpha value is -2.69. The summed E-state index contributed by atoms with van der Waals surface area (Å²) in [5, 5.41) is 5.57. The van der Waals surface area contributed by atoms with E-state index >= 15 is 0 Å². The molecular formula is C24H19NOS2. The van der Waals surface area contributed by atoms with Gasteiger partial charge in [-0.05, 0) is 42.6 Å². The summed E-state index contributed by atoms with van der Waals surface area (Å²) in [5.41, 5.74) is 4.74. The van der Waals surface area contributed by atoms with Crippen molar-refractivity contribution < 1.29 is 4.79 Å². The zero-order valence-electron chi connectivity index (χ0n) is 15.5. The topological polar surface area (TPSA) is 20.3 Å². The summed E-state index contributed by atoms with van der Waals surface area (Å²) in [6, 6.07) is 21.1. The van der Waals surface area contributed by atoms with Crippen LogP contribution in [0, 0.1) is 0 Å². The molecular weight excluding hydrogens is 382 g/mol. The largest absolute Gasteiger partial charge is 0.332 e. The first kappa shape index (κ1) is 17.4. The van der Waals surface area contributed by atoms with Gasteiger partial charge in [-0.15, -0.1) is 11.3 Å². The molecule has 4 aromatic rings. The van der Waals surface area contributed by atoms with Crippen LogP contribution in [0.4, 0.5) is 5.69 Å². The lowest BCUT2D eigenvalue weighted by Crippen LogP contribution is -2.30. The summed E-state index contributed by atoms with van der Waals surface area (Å²) in [6.45, 7) is 1.69. The van der Waals surface area contributed by atoms with E-state index in [4.69, 9.17) is 0 Å². The van der Waals surface area contributed by atoms with E-state index in [9.17, 15) is 4.79 Å². The van der Waals surface area contributed by atoms with Crippen LogP contribution in [-0.4, -0.2) is 5.78 Å². The molecule has 0 spiro atoms. The van der Waals surface area contributed by atoms with Crippen molar-refractivity contribution in [1.82, 2.24) is 0 Å². The van der Waals surface area contributed by atoms with Gasteiger partial charge in [0.1, 0.15) is 5.78 Å². The fourth-order valence-electron chi connectivity index (χ4n) is 3.97. The number of fused-ring (bicyclic) bond motifs is 3. The van der Waals surface area contributed by atoms with Crippen molar-refractivity contribution in [3.63, 3.8) is 0 Å². The number of carbonyl (C=O) groups is 1. The Morgan fingerprint density at radius 3 is 2.57 bits per heavy atom. The monoisotopic (exact) mass is 401 g/mol. The molecule has 5 rings (SSSR count). The molecule has 1 unspecified atom stereocenters. The summed E-state index contributed by atoms with van der Waals surface area (Å²) in [4.78, 5) is 15.9. The summed E-state index contributed by atoms with van der Waals surface area (Å²) in [5.74, 6) is 0.209. The average molecular weight is 402 g/mol. The number of rotatable bonds is 4. The first-order valence-electron chi connectivity index (χ1n) is 9.32. The molecule has 1 aliphatic rings. The van der Waals surface area contributed by atoms with Gasteiger partial charge in [0, 0.05) is 43.6 Å². The first-order chi connectivity index (χ1) is 13.7. The molecule has 2 aromatic heterocycles. The van der Waals surface area contributed by atoms with Crippen molar-refractivity contribution >= 4 is 56.0 Å². The Morgan fingerprint density at radius 1 is 1.04 bits per heavy atom. The van der Waals surface area contributed by atoms with E-state index < -0.39 is 0 Å². The minimum absolute atomic E-state index is 0.00667. The second-order valence-electron chi connectivity index (χ2n) is 7.05. The quantitative estimate of drug-likeness (QED) is 0.367. The average Bonchev–Trinajstić information content (AvgIpc) is 3.36. The number of thiophene rings is 2. The molecule has 28 heavy (non-hydrogen) atoms. The Labute approximate surface area is 172 Å². The van der Waals surface area contributed by atoms with Gasteiger partial charge in [-0.3, -0.25) is 4.79 Å². The maximum absolute atomic E-state index is 12.3. The molecule has 2 aromatic carbocycles. The first-order valence-corrected chi connectivity index (χ1v) is 11.1. The molecule has 0 saturated carbocycles. The van der Waals surface area contributed by atoms with Crippen molar-refractivity contribution in [1.29, 1.82) is 0 Å². The van der Waals surface area contributed by atoms with Crippen molar-refractivity contribution in [3.8, 4) is 0 Å². The zero-order chi connectivity index (χ0) is 19.1. The number of nitrogens with zero attached hydrogens (tertiary/aromatic N) is 1. The van der Waals surface area contributed by atoms with Gasteiger partial charge in [0.25, 0.3) is 0 Å². The number of Topliss-reactive ketones (excluding diaryl/α,β-unsaturated/α-hetero) is 1. The van der Waals surface area contributed by atoms with E-state index in [1.165, 1.54) is 26.1 Å². The van der Waals surface area contributed by atoms with Crippen LogP contribution in [0.25, 0.3) is 21.9 Å². The molecule has 0 bridgehead atoms. The number of ketones is 1. The fraction of sp³-hybridized carbons (Fsp3) is 0.125. The highest BCUT2D eigenvalue weighted by atomic mass is 32.1. The summed E-state index contributed by atoms with van der Waals surface area (Å²) in [7, 11) is 0. The minimum Gasteiger partial charge on any atom is -0.332 e. The van der Waals surface area contributed by atoms with Crippen molar-refractivity contribution in [3.05, 3.63) is 87.4 Å². The van der Waals surface area contributed by atoms with Crippen LogP contribution in [-0.2, 0) is 4.79 Å². The lowest BCUT2D eigenvalue weighted by Gasteiger charge is -2.38. The maximum Gasteiger partial charge on any atom is 0.132 e. The van der Waals surface area contributed by atoms with E-state index in [0.29, 0.717) is 6.42 Å². The highest BCUT2D eigenvalue weighted by Gasteiger charge is 2.33. The molecule has 0 saturated heterocycles. The Bertz CT molecular complexity index is 1170. The van der Waals surface area contributed by atoms with Crippen LogP contribution in [0.15, 0.2) is 71.4 Å². The van der Waals surface area contributed by atoms with E-state index in [1.807, 2.05) is 17.4 Å². The van der Waals surface area contributed by atoms with Gasteiger partial charge < -0.3 is 4.90 Å². The van der Waals surface area contributed by atoms with Gasteiger partial charge >= 0.3 is 0 Å². The molecule has 138 valence electrons. The molecule has 0 radical (unpaired) electrons. The Balaban J connectivity index is 1.80. The molecule has 1 atom stereocenters. The predicted molar refractivity (Wildman–Crippen MR) is 121 cm³/mol. The minimum atomic E-state index is 0.00667. The van der Waals surface area contributed by atoms with Crippen LogP contribution in [0.2, 0.25) is 0 Å². The molecule has 4 heteroatoms. The van der Waals surface area contributed by atoms with Gasteiger partial charge in [-0.25, -0.2) is 0 Å². The SMILES string of the molecule is CC(=O)CC1c2sc3ccccc3c2C=C(c2ccsc2)N1c1ccccc1. The second-order valence-corrected chi connectivity index (χ2v) is 8.91. The lowest BCUT2D eigenvalue weighted by molar-refractivity contribution is -0.117. The Morgan fingerprint density at radius 2 is 1.82 bits per heavy atom. The standard InChI is InChI=1S/C24H19NOS2/c1-16(26)13-22-24-20(19-9-5-6-10-23(19)28-24)14-21(17-11-12-27-15-17)25(22)18-7-3-2-4-8-18/h2-12,14-15,22H,13H2,1H3. The molecule has 0 aliphatic carbocycles. The molecule has 1 aliphatic heterocycles. The van der Waals surface area contributed by atoms with Crippen molar-refractivity contribution in [2.45, 2.75) is 19.4 Å². The molecule has 0 fully saturated rings. The highest BCUT2D eigenvalue weighted by molar-refractivity contribution is 7.19. The van der Waals surface area contributed by atoms with Crippen LogP contribution in [0.5, 0.6) is 0 Å². The maximum atomic E-state index is 12.3. The van der Waals surface area contributed by atoms with Gasteiger partial charge in [-0.1, -0.05) is 36.4 Å². The third-order valence-electron chi connectivity index (χ3n) is 5.15. The third-order valence-corrected chi connectivity index (χ3v) is 7.12. The number of hydrogen-bond donors (Lipinski definition) is 0. The number of hydrogen-bond acceptors (Lipinski definition) is 4. The summed E-state index contributed by atoms with van der Waals surface area (Å²) in [6.07, 6.45) is 2.80. The zero-order valence-corrected chi connectivity index (χ0v) is 17.1. The van der Waals surface area contributed by atoms with Crippen molar-refractivity contribution in [2.75, 3.05) is 4.90 Å². The van der Waals surface area contributed by atoms with Gasteiger partial charge in [0.2, 0.25) is 0 Å². The smallest absolute Gasteiger partial charge is 0.132 e. The lowest BCUT2D eigenvalue weighted by atomic mass is 9.94. The second kappa shape index (κ2) is 7.04. The van der Waals surface area contributed by atoms with E-state index in [1.54, 1.807) is 18.3 Å². The number of para-hydroxylation sites is 1. The number of anilines is 1. The number of carbonyl (C=O) groups excluding carboxylic acids is 1. The highest BCUT2D eigenvalue weighted by Crippen LogP contribution is 2.49. The molecule has 2 nitrogen and oxygen atoms in total. The van der Waals surface area contributed by atoms with Crippen LogP contribution in [0.1, 0.15) is 35.4 Å². The normalized spacial score (nSPS) is 16.1. The summed E-state index contributed by atoms with van der Waals surface area (Å²) < 4.78 is 1.27. The van der Waals surface area contributed by atoms with Gasteiger partial charge in [0.15, 0.2) is 0 Å². The third kappa shape index (κ3) is 2.89. The van der Waals surface area contributed by atoms with E-state index in [0.717, 1.165) is 11.4 Å². The van der Waals surface area contributed by atoms with Gasteiger partial charge in [0.05, 0.1) is 11.7 Å². The molecule has 3 heterocycles. The number of benzene rings is 2. The van der Waals surface area contributed by atoms with E-state index in [2.05, 4.69) is 76.3 Å².